The molecule has 6 nitrogen and oxygen atoms in total. The largest absolute Gasteiger partial charge is 0.417 e. The van der Waals surface area contributed by atoms with Gasteiger partial charge < -0.3 is 5.32 Å². The summed E-state index contributed by atoms with van der Waals surface area (Å²) in [4.78, 5) is 15.3. The van der Waals surface area contributed by atoms with Gasteiger partial charge in [-0.3, -0.25) is 4.79 Å². The van der Waals surface area contributed by atoms with Crippen LogP contribution in [-0.2, 0) is 21.0 Å². The SMILES string of the molecule is NS(=O)(=O)c1cc(Cl)c(NC(=O)CSc2ncc(C(F)(F)F)cc2Cl)c(Cl)c1. The van der Waals surface area contributed by atoms with Crippen LogP contribution < -0.4 is 10.5 Å². The number of halogens is 6. The van der Waals surface area contributed by atoms with Crippen LogP contribution in [0.5, 0.6) is 0 Å². The van der Waals surface area contributed by atoms with Crippen molar-refractivity contribution in [2.45, 2.75) is 16.1 Å². The number of hydrogen-bond donors (Lipinski definition) is 2. The standard InChI is InChI=1S/C14H9Cl3F3N3O3S2/c15-8-2-7(28(21,25)26)3-9(16)12(8)23-11(24)5-27-13-10(17)1-6(4-22-13)14(18,19)20/h1-4H,5H2,(H,23,24)(H2,21,25,26). The Morgan fingerprint density at radius 3 is 2.18 bits per heavy atom. The molecule has 1 heterocycles. The highest BCUT2D eigenvalue weighted by Gasteiger charge is 2.31. The van der Waals surface area contributed by atoms with Crippen LogP contribution >= 0.6 is 46.6 Å². The predicted molar refractivity (Wildman–Crippen MR) is 101 cm³/mol. The summed E-state index contributed by atoms with van der Waals surface area (Å²) in [5, 5.41) is 6.78. The fraction of sp³-hybridized carbons (Fsp3) is 0.143. The minimum absolute atomic E-state index is 0.0200. The van der Waals surface area contributed by atoms with Gasteiger partial charge in [0.05, 0.1) is 37.0 Å². The van der Waals surface area contributed by atoms with Crippen LogP contribution in [0.2, 0.25) is 15.1 Å². The molecule has 2 rings (SSSR count). The van der Waals surface area contributed by atoms with Crippen LogP contribution in [0, 0.1) is 0 Å². The number of alkyl halides is 3. The normalized spacial score (nSPS) is 12.1. The number of nitrogens with zero attached hydrogens (tertiary/aromatic N) is 1. The van der Waals surface area contributed by atoms with Crippen molar-refractivity contribution in [1.82, 2.24) is 4.98 Å². The second-order valence-corrected chi connectivity index (χ2v) is 8.90. The highest BCUT2D eigenvalue weighted by atomic mass is 35.5. The topological polar surface area (TPSA) is 102 Å². The van der Waals surface area contributed by atoms with Crippen molar-refractivity contribution in [3.8, 4) is 0 Å². The van der Waals surface area contributed by atoms with Gasteiger partial charge in [0.25, 0.3) is 0 Å². The van der Waals surface area contributed by atoms with E-state index in [0.717, 1.165) is 23.9 Å². The van der Waals surface area contributed by atoms with Crippen LogP contribution in [0.25, 0.3) is 0 Å². The lowest BCUT2D eigenvalue weighted by atomic mass is 10.3. The van der Waals surface area contributed by atoms with Crippen molar-refractivity contribution in [2.24, 2.45) is 5.14 Å². The van der Waals surface area contributed by atoms with Crippen LogP contribution in [0.4, 0.5) is 18.9 Å². The van der Waals surface area contributed by atoms with Crippen LogP contribution in [-0.4, -0.2) is 25.1 Å². The number of anilines is 1. The molecule has 0 saturated heterocycles. The smallest absolute Gasteiger partial charge is 0.323 e. The van der Waals surface area contributed by atoms with E-state index in [2.05, 4.69) is 10.3 Å². The summed E-state index contributed by atoms with van der Waals surface area (Å²) in [7, 11) is -4.05. The van der Waals surface area contributed by atoms with E-state index in [-0.39, 0.29) is 36.4 Å². The zero-order valence-corrected chi connectivity index (χ0v) is 17.3. The van der Waals surface area contributed by atoms with Crippen LogP contribution in [0.15, 0.2) is 34.3 Å². The fourth-order valence-corrected chi connectivity index (χ4v) is 4.10. The van der Waals surface area contributed by atoms with Gasteiger partial charge in [-0.2, -0.15) is 13.2 Å². The number of amides is 1. The number of nitrogens with one attached hydrogen (secondary N) is 1. The van der Waals surface area contributed by atoms with E-state index < -0.39 is 27.7 Å². The molecule has 0 unspecified atom stereocenters. The lowest BCUT2D eigenvalue weighted by Gasteiger charge is -2.11. The molecule has 14 heteroatoms. The molecule has 3 N–H and O–H groups in total. The summed E-state index contributed by atoms with van der Waals surface area (Å²) in [5.41, 5.74) is -1.06. The summed E-state index contributed by atoms with van der Waals surface area (Å²) >= 11 is 18.4. The van der Waals surface area contributed by atoms with Gasteiger partial charge in [0.1, 0.15) is 5.03 Å². The van der Waals surface area contributed by atoms with Crippen LogP contribution in [0.1, 0.15) is 5.56 Å². The number of aromatic nitrogens is 1. The molecule has 152 valence electrons. The first-order valence-electron chi connectivity index (χ1n) is 6.96. The predicted octanol–water partition coefficient (Wildman–Crippen LogP) is 4.44. The minimum Gasteiger partial charge on any atom is -0.323 e. The van der Waals surface area contributed by atoms with E-state index in [1.54, 1.807) is 0 Å². The van der Waals surface area contributed by atoms with Gasteiger partial charge in [0.15, 0.2) is 0 Å². The molecule has 1 amide bonds. The Bertz CT molecular complexity index is 1010. The zero-order valence-electron chi connectivity index (χ0n) is 13.4. The summed E-state index contributed by atoms with van der Waals surface area (Å²) in [6, 6.07) is 2.73. The van der Waals surface area contributed by atoms with Gasteiger partial charge >= 0.3 is 6.18 Å². The monoisotopic (exact) mass is 493 g/mol. The van der Waals surface area contributed by atoms with Gasteiger partial charge in [-0.1, -0.05) is 46.6 Å². The Hall–Kier alpha value is -1.24. The first kappa shape index (κ1) is 23.0. The van der Waals surface area contributed by atoms with Gasteiger partial charge in [-0.15, -0.1) is 0 Å². The summed E-state index contributed by atoms with van der Waals surface area (Å²) < 4.78 is 60.4. The van der Waals surface area contributed by atoms with E-state index in [1.807, 2.05) is 0 Å². The molecule has 28 heavy (non-hydrogen) atoms. The summed E-state index contributed by atoms with van der Waals surface area (Å²) in [6.07, 6.45) is -3.99. The Kier molecular flexibility index (Phi) is 7.11. The maximum absolute atomic E-state index is 12.6. The van der Waals surface area contributed by atoms with Crippen LogP contribution in [0.3, 0.4) is 0 Å². The van der Waals surface area contributed by atoms with Gasteiger partial charge in [0.2, 0.25) is 15.9 Å². The molecule has 0 saturated carbocycles. The number of sulfonamides is 1. The number of primary sulfonamides is 1. The number of hydrogen-bond acceptors (Lipinski definition) is 5. The Morgan fingerprint density at radius 1 is 1.14 bits per heavy atom. The maximum Gasteiger partial charge on any atom is 0.417 e. The molecule has 1 aromatic carbocycles. The van der Waals surface area contributed by atoms with Crippen molar-refractivity contribution >= 4 is 68.2 Å². The molecule has 0 bridgehead atoms. The van der Waals surface area contributed by atoms with Crippen molar-refractivity contribution in [3.05, 3.63) is 45.0 Å². The van der Waals surface area contributed by atoms with E-state index in [1.165, 1.54) is 0 Å². The van der Waals surface area contributed by atoms with Crippen molar-refractivity contribution < 1.29 is 26.4 Å². The molecule has 0 aliphatic rings. The fourth-order valence-electron chi connectivity index (χ4n) is 1.83. The van der Waals surface area contributed by atoms with Gasteiger partial charge in [-0.05, 0) is 18.2 Å². The van der Waals surface area contributed by atoms with E-state index in [0.29, 0.717) is 12.3 Å². The number of thioether (sulfide) groups is 1. The third kappa shape index (κ3) is 5.88. The average molecular weight is 495 g/mol. The zero-order chi connectivity index (χ0) is 21.3. The first-order chi connectivity index (χ1) is 12.8. The lowest BCUT2D eigenvalue weighted by Crippen LogP contribution is -2.16. The second-order valence-electron chi connectivity index (χ2n) is 5.15. The third-order valence-corrected chi connectivity index (χ3v) is 5.98. The number of pyridine rings is 1. The quantitative estimate of drug-likeness (QED) is 0.598. The highest BCUT2D eigenvalue weighted by molar-refractivity contribution is 8.00. The number of nitrogens with two attached hydrogens (primary N) is 1. The first-order valence-corrected chi connectivity index (χ1v) is 10.6. The molecular formula is C14H9Cl3F3N3O3S2. The van der Waals surface area contributed by atoms with E-state index in [4.69, 9.17) is 39.9 Å². The third-order valence-electron chi connectivity index (χ3n) is 3.08. The molecule has 2 aromatic rings. The maximum atomic E-state index is 12.6. The summed E-state index contributed by atoms with van der Waals surface area (Å²) in [5.74, 6) is -0.906. The van der Waals surface area contributed by atoms with Crippen molar-refractivity contribution in [2.75, 3.05) is 11.1 Å². The van der Waals surface area contributed by atoms with E-state index >= 15 is 0 Å². The molecule has 0 spiro atoms. The molecule has 0 aliphatic heterocycles. The van der Waals surface area contributed by atoms with Crippen molar-refractivity contribution in [1.29, 1.82) is 0 Å². The molecule has 0 atom stereocenters. The second kappa shape index (κ2) is 8.64. The number of carbonyl (C=O) groups excluding carboxylic acids is 1. The lowest BCUT2D eigenvalue weighted by molar-refractivity contribution is -0.137. The number of rotatable bonds is 5. The summed E-state index contributed by atoms with van der Waals surface area (Å²) in [6.45, 7) is 0. The number of carbonyl (C=O) groups is 1. The Morgan fingerprint density at radius 2 is 1.71 bits per heavy atom. The van der Waals surface area contributed by atoms with Crippen molar-refractivity contribution in [3.63, 3.8) is 0 Å². The molecular weight excluding hydrogens is 486 g/mol. The van der Waals surface area contributed by atoms with Gasteiger partial charge in [-0.25, -0.2) is 18.5 Å². The Balaban J connectivity index is 2.10. The highest BCUT2D eigenvalue weighted by Crippen LogP contribution is 2.35. The molecule has 0 radical (unpaired) electrons. The van der Waals surface area contributed by atoms with Gasteiger partial charge in [0, 0.05) is 6.20 Å². The average Bonchev–Trinajstić information content (AvgIpc) is 2.55. The number of benzene rings is 1. The Labute approximate surface area is 176 Å². The molecule has 1 aromatic heterocycles. The molecule has 0 aliphatic carbocycles. The minimum atomic E-state index is -4.59. The molecule has 0 fully saturated rings. The van der Waals surface area contributed by atoms with E-state index in [9.17, 15) is 26.4 Å².